The molecular weight excluding hydrogens is 430 g/mol. The molecule has 3 rings (SSSR count). The summed E-state index contributed by atoms with van der Waals surface area (Å²) in [4.78, 5) is 40.6. The van der Waals surface area contributed by atoms with Crippen molar-refractivity contribution in [1.29, 1.82) is 0 Å². The molecule has 0 aliphatic carbocycles. The van der Waals surface area contributed by atoms with Crippen molar-refractivity contribution in [2.75, 3.05) is 33.4 Å². The summed E-state index contributed by atoms with van der Waals surface area (Å²) in [6.45, 7) is 4.12. The number of carbonyl (C=O) groups is 3. The monoisotopic (exact) mass is 465 g/mol. The smallest absolute Gasteiger partial charge is 0.251 e. The van der Waals surface area contributed by atoms with Crippen LogP contribution in [0.5, 0.6) is 0 Å². The molecule has 1 aliphatic rings. The van der Waals surface area contributed by atoms with Crippen molar-refractivity contribution < 1.29 is 19.1 Å². The highest BCUT2D eigenvalue weighted by atomic mass is 16.5. The summed E-state index contributed by atoms with van der Waals surface area (Å²) >= 11 is 0. The number of amides is 3. The van der Waals surface area contributed by atoms with Crippen LogP contribution < -0.4 is 10.6 Å². The van der Waals surface area contributed by atoms with Crippen molar-refractivity contribution in [2.24, 2.45) is 5.92 Å². The number of aryl methyl sites for hydroxylation is 1. The maximum Gasteiger partial charge on any atom is 0.251 e. The molecule has 1 atom stereocenters. The lowest BCUT2D eigenvalue weighted by atomic mass is 9.88. The Morgan fingerprint density at radius 2 is 1.79 bits per heavy atom. The fraction of sp³-hybridized carbons (Fsp3) is 0.444. The van der Waals surface area contributed by atoms with Gasteiger partial charge in [-0.3, -0.25) is 14.4 Å². The number of nitrogens with zero attached hydrogens (tertiary/aromatic N) is 1. The Morgan fingerprint density at radius 1 is 1.06 bits per heavy atom. The van der Waals surface area contributed by atoms with Gasteiger partial charge in [-0.05, 0) is 49.8 Å². The van der Waals surface area contributed by atoms with Gasteiger partial charge in [0.2, 0.25) is 11.8 Å². The van der Waals surface area contributed by atoms with Gasteiger partial charge in [-0.15, -0.1) is 0 Å². The number of benzene rings is 2. The molecule has 34 heavy (non-hydrogen) atoms. The summed E-state index contributed by atoms with van der Waals surface area (Å²) in [7, 11) is 1.62. The van der Waals surface area contributed by atoms with E-state index in [-0.39, 0.29) is 23.6 Å². The molecule has 7 nitrogen and oxygen atoms in total. The molecule has 7 heteroatoms. The molecule has 2 N–H and O–H groups in total. The third-order valence-electron chi connectivity index (χ3n) is 6.24. The van der Waals surface area contributed by atoms with Gasteiger partial charge in [0, 0.05) is 38.9 Å². The number of rotatable bonds is 10. The van der Waals surface area contributed by atoms with Crippen LogP contribution in [0.3, 0.4) is 0 Å². The second-order valence-corrected chi connectivity index (χ2v) is 8.84. The van der Waals surface area contributed by atoms with Gasteiger partial charge in [0.1, 0.15) is 6.04 Å². The Morgan fingerprint density at radius 3 is 2.47 bits per heavy atom. The van der Waals surface area contributed by atoms with Crippen molar-refractivity contribution in [1.82, 2.24) is 15.5 Å². The fourth-order valence-corrected chi connectivity index (χ4v) is 4.31. The molecule has 1 saturated heterocycles. The van der Waals surface area contributed by atoms with Gasteiger partial charge < -0.3 is 20.3 Å². The number of carbonyl (C=O) groups excluding carboxylic acids is 3. The van der Waals surface area contributed by atoms with E-state index in [1.807, 2.05) is 60.4 Å². The third kappa shape index (κ3) is 7.42. The van der Waals surface area contributed by atoms with Crippen LogP contribution in [-0.4, -0.2) is 62.0 Å². The largest absolute Gasteiger partial charge is 0.385 e. The Kier molecular flexibility index (Phi) is 9.64. The summed E-state index contributed by atoms with van der Waals surface area (Å²) in [5, 5.41) is 5.90. The Bertz CT molecular complexity index is 955. The molecule has 3 amide bonds. The quantitative estimate of drug-likeness (QED) is 0.528. The number of piperidine rings is 1. The van der Waals surface area contributed by atoms with E-state index in [0.29, 0.717) is 57.5 Å². The average Bonchev–Trinajstić information content (AvgIpc) is 2.85. The average molecular weight is 466 g/mol. The van der Waals surface area contributed by atoms with Gasteiger partial charge in [-0.2, -0.15) is 0 Å². The molecule has 1 heterocycles. The van der Waals surface area contributed by atoms with E-state index in [4.69, 9.17) is 4.74 Å². The van der Waals surface area contributed by atoms with Crippen LogP contribution in [0.4, 0.5) is 0 Å². The standard InChI is InChI=1S/C27H35N3O4/c1-20-8-6-11-23(18-20)26(32)29-25(27(33)28-14-7-17-34-2)22-12-15-30(16-13-22)24(31)19-21-9-4-3-5-10-21/h3-6,8-11,18,22,25H,7,12-17,19H2,1-2H3,(H,28,33)(H,29,32). The van der Waals surface area contributed by atoms with Crippen molar-refractivity contribution >= 4 is 17.7 Å². The molecule has 0 saturated carbocycles. The van der Waals surface area contributed by atoms with Crippen molar-refractivity contribution in [3.63, 3.8) is 0 Å². The topological polar surface area (TPSA) is 87.7 Å². The normalized spacial score (nSPS) is 14.9. The molecule has 182 valence electrons. The number of likely N-dealkylation sites (tertiary alicyclic amines) is 1. The molecule has 0 radical (unpaired) electrons. The lowest BCUT2D eigenvalue weighted by molar-refractivity contribution is -0.132. The first-order valence-electron chi connectivity index (χ1n) is 11.9. The zero-order chi connectivity index (χ0) is 24.3. The van der Waals surface area contributed by atoms with Crippen LogP contribution in [0, 0.1) is 12.8 Å². The van der Waals surface area contributed by atoms with Gasteiger partial charge in [-0.1, -0.05) is 48.0 Å². The summed E-state index contributed by atoms with van der Waals surface area (Å²) in [6, 6.07) is 16.4. The van der Waals surface area contributed by atoms with Crippen LogP contribution in [0.25, 0.3) is 0 Å². The van der Waals surface area contributed by atoms with E-state index < -0.39 is 6.04 Å². The minimum absolute atomic E-state index is 0.0445. The maximum absolute atomic E-state index is 13.0. The predicted molar refractivity (Wildman–Crippen MR) is 131 cm³/mol. The SMILES string of the molecule is COCCCNC(=O)C(NC(=O)c1cccc(C)c1)C1CCN(C(=O)Cc2ccccc2)CC1. The molecule has 1 aliphatic heterocycles. The van der Waals surface area contributed by atoms with Crippen molar-refractivity contribution in [2.45, 2.75) is 38.6 Å². The molecule has 0 spiro atoms. The Labute approximate surface area is 201 Å². The van der Waals surface area contributed by atoms with E-state index in [1.54, 1.807) is 13.2 Å². The van der Waals surface area contributed by atoms with Gasteiger partial charge in [0.15, 0.2) is 0 Å². The first-order valence-corrected chi connectivity index (χ1v) is 11.9. The number of hydrogen-bond acceptors (Lipinski definition) is 4. The first kappa shape index (κ1) is 25.4. The summed E-state index contributed by atoms with van der Waals surface area (Å²) in [6.07, 6.45) is 2.39. The number of methoxy groups -OCH3 is 1. The predicted octanol–water partition coefficient (Wildman–Crippen LogP) is 2.73. The zero-order valence-corrected chi connectivity index (χ0v) is 20.1. The maximum atomic E-state index is 13.0. The Balaban J connectivity index is 1.62. The lowest BCUT2D eigenvalue weighted by Gasteiger charge is -2.36. The van der Waals surface area contributed by atoms with Crippen LogP contribution in [0.15, 0.2) is 54.6 Å². The first-order chi connectivity index (χ1) is 16.5. The molecule has 0 bridgehead atoms. The van der Waals surface area contributed by atoms with E-state index in [9.17, 15) is 14.4 Å². The third-order valence-corrected chi connectivity index (χ3v) is 6.24. The zero-order valence-electron chi connectivity index (χ0n) is 20.1. The Hall–Kier alpha value is -3.19. The highest BCUT2D eigenvalue weighted by molar-refractivity contribution is 5.97. The summed E-state index contributed by atoms with van der Waals surface area (Å²) in [5.74, 6) is -0.402. The van der Waals surface area contributed by atoms with Crippen LogP contribution in [0.2, 0.25) is 0 Å². The van der Waals surface area contributed by atoms with Crippen LogP contribution >= 0.6 is 0 Å². The van der Waals surface area contributed by atoms with E-state index in [1.165, 1.54) is 0 Å². The number of nitrogens with one attached hydrogen (secondary N) is 2. The summed E-state index contributed by atoms with van der Waals surface area (Å²) in [5.41, 5.74) is 2.51. The van der Waals surface area contributed by atoms with Gasteiger partial charge in [0.05, 0.1) is 6.42 Å². The lowest BCUT2D eigenvalue weighted by Crippen LogP contribution is -2.54. The van der Waals surface area contributed by atoms with E-state index >= 15 is 0 Å². The number of ether oxygens (including phenoxy) is 1. The van der Waals surface area contributed by atoms with E-state index in [2.05, 4.69) is 10.6 Å². The number of hydrogen-bond donors (Lipinski definition) is 2. The molecule has 1 fully saturated rings. The highest BCUT2D eigenvalue weighted by Crippen LogP contribution is 2.22. The van der Waals surface area contributed by atoms with Crippen molar-refractivity contribution in [3.05, 3.63) is 71.3 Å². The molecular formula is C27H35N3O4. The van der Waals surface area contributed by atoms with Crippen LogP contribution in [0.1, 0.15) is 40.7 Å². The van der Waals surface area contributed by atoms with Crippen molar-refractivity contribution in [3.8, 4) is 0 Å². The molecule has 2 aromatic rings. The van der Waals surface area contributed by atoms with Gasteiger partial charge in [-0.25, -0.2) is 0 Å². The fourth-order valence-electron chi connectivity index (χ4n) is 4.31. The molecule has 2 aromatic carbocycles. The minimum atomic E-state index is -0.651. The minimum Gasteiger partial charge on any atom is -0.385 e. The van der Waals surface area contributed by atoms with Crippen LogP contribution in [-0.2, 0) is 20.7 Å². The summed E-state index contributed by atoms with van der Waals surface area (Å²) < 4.78 is 5.05. The molecule has 0 aromatic heterocycles. The highest BCUT2D eigenvalue weighted by Gasteiger charge is 2.33. The van der Waals surface area contributed by atoms with Gasteiger partial charge >= 0.3 is 0 Å². The second-order valence-electron chi connectivity index (χ2n) is 8.84. The van der Waals surface area contributed by atoms with Gasteiger partial charge in [0.25, 0.3) is 5.91 Å². The van der Waals surface area contributed by atoms with E-state index in [0.717, 1.165) is 11.1 Å². The molecule has 1 unspecified atom stereocenters. The second kappa shape index (κ2) is 12.9.